The molecule has 0 unspecified atom stereocenters. The van der Waals surface area contributed by atoms with Gasteiger partial charge in [0.2, 0.25) is 0 Å². The summed E-state index contributed by atoms with van der Waals surface area (Å²) in [6, 6.07) is 3.78. The molecule has 0 aliphatic rings. The number of aryl methyl sites for hydroxylation is 2. The van der Waals surface area contributed by atoms with Gasteiger partial charge in [0.25, 0.3) is 5.91 Å². The summed E-state index contributed by atoms with van der Waals surface area (Å²) < 4.78 is 12.0. The second-order valence-corrected chi connectivity index (χ2v) is 8.54. The predicted molar refractivity (Wildman–Crippen MR) is 120 cm³/mol. The molecule has 1 amide bonds. The number of esters is 2. The standard InChI is InChI=1S/C21H23N3O5S2/c1-5-28-21(27)19-15(16-7-6-8-30-16)11-31-20(19)22-17(25)10-29-18(26)9-14-12(2)23-24(4)13(14)3/h6-8,11H,5,9-10H2,1-4H3,(H,22,25). The van der Waals surface area contributed by atoms with E-state index >= 15 is 0 Å². The van der Waals surface area contributed by atoms with E-state index in [4.69, 9.17) is 9.47 Å². The van der Waals surface area contributed by atoms with Crippen LogP contribution in [0.1, 0.15) is 34.2 Å². The Labute approximate surface area is 187 Å². The third-order valence-electron chi connectivity index (χ3n) is 4.65. The maximum atomic E-state index is 12.5. The lowest BCUT2D eigenvalue weighted by atomic mass is 10.1. The summed E-state index contributed by atoms with van der Waals surface area (Å²) in [6.07, 6.45) is 0.0361. The number of carbonyl (C=O) groups excluding carboxylic acids is 3. The van der Waals surface area contributed by atoms with E-state index in [0.29, 0.717) is 16.1 Å². The van der Waals surface area contributed by atoms with Crippen molar-refractivity contribution in [2.45, 2.75) is 27.2 Å². The van der Waals surface area contributed by atoms with Crippen LogP contribution in [0.4, 0.5) is 5.00 Å². The molecule has 0 radical (unpaired) electrons. The third kappa shape index (κ3) is 5.20. The number of aromatic nitrogens is 2. The van der Waals surface area contributed by atoms with Gasteiger partial charge in [0.05, 0.1) is 18.7 Å². The Morgan fingerprint density at radius 2 is 1.97 bits per heavy atom. The minimum atomic E-state index is -0.530. The molecule has 3 rings (SSSR count). The molecule has 0 saturated carbocycles. The number of amides is 1. The molecule has 0 atom stereocenters. The van der Waals surface area contributed by atoms with Crippen LogP contribution in [-0.2, 0) is 32.5 Å². The average Bonchev–Trinajstić information content (AvgIpc) is 3.44. The van der Waals surface area contributed by atoms with Crippen molar-refractivity contribution in [2.75, 3.05) is 18.5 Å². The molecule has 0 aliphatic heterocycles. The van der Waals surface area contributed by atoms with E-state index in [1.807, 2.05) is 31.4 Å². The van der Waals surface area contributed by atoms with E-state index in [9.17, 15) is 14.4 Å². The first-order valence-corrected chi connectivity index (χ1v) is 11.3. The highest BCUT2D eigenvalue weighted by molar-refractivity contribution is 7.17. The number of rotatable bonds is 8. The van der Waals surface area contributed by atoms with Gasteiger partial charge in [0.1, 0.15) is 10.6 Å². The number of hydrogen-bond donors (Lipinski definition) is 1. The Bertz CT molecular complexity index is 1100. The molecule has 3 heterocycles. The first kappa shape index (κ1) is 22.7. The van der Waals surface area contributed by atoms with Crippen molar-refractivity contribution in [3.05, 3.63) is 45.4 Å². The second-order valence-electron chi connectivity index (χ2n) is 6.71. The van der Waals surface area contributed by atoms with Crippen molar-refractivity contribution in [3.63, 3.8) is 0 Å². The molecule has 8 nitrogen and oxygen atoms in total. The topological polar surface area (TPSA) is 99.5 Å². The first-order valence-electron chi connectivity index (χ1n) is 9.58. The first-order chi connectivity index (χ1) is 14.8. The minimum absolute atomic E-state index is 0.0361. The highest BCUT2D eigenvalue weighted by Gasteiger charge is 2.24. The zero-order chi connectivity index (χ0) is 22.5. The number of ether oxygens (including phenoxy) is 2. The SMILES string of the molecule is CCOC(=O)c1c(-c2cccs2)csc1NC(=O)COC(=O)Cc1c(C)nn(C)c1C. The molecular formula is C21H23N3O5S2. The van der Waals surface area contributed by atoms with Crippen LogP contribution in [-0.4, -0.2) is 40.8 Å². The molecule has 1 N–H and O–H groups in total. The van der Waals surface area contributed by atoms with E-state index in [1.54, 1.807) is 24.0 Å². The molecule has 164 valence electrons. The fraction of sp³-hybridized carbons (Fsp3) is 0.333. The minimum Gasteiger partial charge on any atom is -0.462 e. The van der Waals surface area contributed by atoms with Crippen molar-refractivity contribution < 1.29 is 23.9 Å². The summed E-state index contributed by atoms with van der Waals surface area (Å²) in [5.74, 6) is -1.56. The fourth-order valence-electron chi connectivity index (χ4n) is 3.05. The number of nitrogens with one attached hydrogen (secondary N) is 1. The van der Waals surface area contributed by atoms with E-state index in [1.165, 1.54) is 22.7 Å². The zero-order valence-corrected chi connectivity index (χ0v) is 19.3. The van der Waals surface area contributed by atoms with Crippen LogP contribution in [0.5, 0.6) is 0 Å². The third-order valence-corrected chi connectivity index (χ3v) is 6.45. The quantitative estimate of drug-likeness (QED) is 0.513. The molecule has 0 aliphatic carbocycles. The molecule has 10 heteroatoms. The van der Waals surface area contributed by atoms with Gasteiger partial charge in [0, 0.05) is 34.1 Å². The Morgan fingerprint density at radius 3 is 2.58 bits per heavy atom. The lowest BCUT2D eigenvalue weighted by Crippen LogP contribution is -2.22. The van der Waals surface area contributed by atoms with E-state index in [0.717, 1.165) is 21.8 Å². The van der Waals surface area contributed by atoms with Crippen LogP contribution in [0.25, 0.3) is 10.4 Å². The van der Waals surface area contributed by atoms with Gasteiger partial charge in [-0.3, -0.25) is 14.3 Å². The molecular weight excluding hydrogens is 438 g/mol. The molecule has 3 aromatic rings. The predicted octanol–water partition coefficient (Wildman–Crippen LogP) is 3.73. The van der Waals surface area contributed by atoms with Gasteiger partial charge < -0.3 is 14.8 Å². The highest BCUT2D eigenvalue weighted by Crippen LogP contribution is 2.38. The van der Waals surface area contributed by atoms with Crippen LogP contribution in [0.15, 0.2) is 22.9 Å². The van der Waals surface area contributed by atoms with Crippen molar-refractivity contribution in [2.24, 2.45) is 7.05 Å². The monoisotopic (exact) mass is 461 g/mol. The van der Waals surface area contributed by atoms with Gasteiger partial charge >= 0.3 is 11.9 Å². The van der Waals surface area contributed by atoms with Gasteiger partial charge in [-0.2, -0.15) is 5.10 Å². The molecule has 0 spiro atoms. The van der Waals surface area contributed by atoms with Crippen molar-refractivity contribution in [1.82, 2.24) is 9.78 Å². The van der Waals surface area contributed by atoms with Gasteiger partial charge in [-0.1, -0.05) is 6.07 Å². The van der Waals surface area contributed by atoms with Crippen LogP contribution in [0.2, 0.25) is 0 Å². The highest BCUT2D eigenvalue weighted by atomic mass is 32.1. The Hall–Kier alpha value is -2.98. The summed E-state index contributed by atoms with van der Waals surface area (Å²) >= 11 is 2.71. The molecule has 0 bridgehead atoms. The summed E-state index contributed by atoms with van der Waals surface area (Å²) in [5.41, 5.74) is 3.41. The maximum absolute atomic E-state index is 12.5. The average molecular weight is 462 g/mol. The number of nitrogens with zero attached hydrogens (tertiary/aromatic N) is 2. The summed E-state index contributed by atoms with van der Waals surface area (Å²) in [7, 11) is 1.80. The van der Waals surface area contributed by atoms with E-state index < -0.39 is 24.5 Å². The largest absolute Gasteiger partial charge is 0.462 e. The van der Waals surface area contributed by atoms with Crippen molar-refractivity contribution in [3.8, 4) is 10.4 Å². The smallest absolute Gasteiger partial charge is 0.341 e. The van der Waals surface area contributed by atoms with Crippen LogP contribution < -0.4 is 5.32 Å². The Balaban J connectivity index is 1.66. The maximum Gasteiger partial charge on any atom is 0.341 e. The van der Waals surface area contributed by atoms with Gasteiger partial charge in [0.15, 0.2) is 6.61 Å². The van der Waals surface area contributed by atoms with Gasteiger partial charge in [-0.15, -0.1) is 22.7 Å². The summed E-state index contributed by atoms with van der Waals surface area (Å²) in [5, 5.41) is 11.0. The van der Waals surface area contributed by atoms with Crippen molar-refractivity contribution >= 4 is 45.5 Å². The van der Waals surface area contributed by atoms with Gasteiger partial charge in [-0.25, -0.2) is 4.79 Å². The number of carbonyl (C=O) groups is 3. The zero-order valence-electron chi connectivity index (χ0n) is 17.7. The summed E-state index contributed by atoms with van der Waals surface area (Å²) in [6.45, 7) is 5.18. The lowest BCUT2D eigenvalue weighted by molar-refractivity contribution is -0.146. The molecule has 0 aromatic carbocycles. The van der Waals surface area contributed by atoms with Crippen molar-refractivity contribution in [1.29, 1.82) is 0 Å². The van der Waals surface area contributed by atoms with Crippen LogP contribution in [0, 0.1) is 13.8 Å². The molecule has 0 saturated heterocycles. The van der Waals surface area contributed by atoms with Gasteiger partial charge in [-0.05, 0) is 32.2 Å². The molecule has 0 fully saturated rings. The van der Waals surface area contributed by atoms with Crippen LogP contribution >= 0.6 is 22.7 Å². The van der Waals surface area contributed by atoms with E-state index in [-0.39, 0.29) is 13.0 Å². The second kappa shape index (κ2) is 9.88. The lowest BCUT2D eigenvalue weighted by Gasteiger charge is -2.09. The number of anilines is 1. The molecule has 3 aromatic heterocycles. The van der Waals surface area contributed by atoms with E-state index in [2.05, 4.69) is 10.4 Å². The molecule has 31 heavy (non-hydrogen) atoms. The normalized spacial score (nSPS) is 10.7. The Morgan fingerprint density at radius 1 is 1.19 bits per heavy atom. The summed E-state index contributed by atoms with van der Waals surface area (Å²) in [4.78, 5) is 38.0. The van der Waals surface area contributed by atoms with Crippen LogP contribution in [0.3, 0.4) is 0 Å². The Kier molecular flexibility index (Phi) is 7.24. The number of thiophene rings is 2. The number of hydrogen-bond acceptors (Lipinski definition) is 8. The fourth-order valence-corrected chi connectivity index (χ4v) is 4.83.